The lowest BCUT2D eigenvalue weighted by molar-refractivity contribution is 0.575. The van der Waals surface area contributed by atoms with Crippen LogP contribution in [-0.4, -0.2) is 6.04 Å². The summed E-state index contributed by atoms with van der Waals surface area (Å²) in [6, 6.07) is 1.96. The van der Waals surface area contributed by atoms with Crippen molar-refractivity contribution in [3.05, 3.63) is 34.9 Å². The molecular formula is C12H13F2N. The molecule has 1 rings (SSSR count). The molecule has 0 bridgehead atoms. The lowest BCUT2D eigenvalue weighted by atomic mass is 10.1. The maximum absolute atomic E-state index is 13.2. The van der Waals surface area contributed by atoms with E-state index in [1.54, 1.807) is 6.92 Å². The van der Waals surface area contributed by atoms with Crippen molar-refractivity contribution in [3.8, 4) is 11.8 Å². The van der Waals surface area contributed by atoms with Gasteiger partial charge in [0, 0.05) is 6.07 Å². The molecular weight excluding hydrogens is 196 g/mol. The Morgan fingerprint density at radius 3 is 2.60 bits per heavy atom. The van der Waals surface area contributed by atoms with Gasteiger partial charge in [0.2, 0.25) is 0 Å². The molecule has 0 aliphatic rings. The largest absolute Gasteiger partial charge is 0.318 e. The van der Waals surface area contributed by atoms with E-state index in [-0.39, 0.29) is 11.6 Å². The lowest BCUT2D eigenvalue weighted by Crippen LogP contribution is -2.15. The normalized spacial score (nSPS) is 11.8. The molecule has 0 heterocycles. The van der Waals surface area contributed by atoms with Crippen LogP contribution in [0.5, 0.6) is 0 Å². The van der Waals surface area contributed by atoms with Crippen LogP contribution in [0.1, 0.15) is 24.5 Å². The van der Waals surface area contributed by atoms with Crippen molar-refractivity contribution in [2.24, 2.45) is 5.73 Å². The van der Waals surface area contributed by atoms with E-state index in [0.717, 1.165) is 6.07 Å². The predicted octanol–water partition coefficient (Wildman–Crippen LogP) is 2.36. The van der Waals surface area contributed by atoms with Gasteiger partial charge in [0.05, 0.1) is 11.6 Å². The highest BCUT2D eigenvalue weighted by atomic mass is 19.1. The summed E-state index contributed by atoms with van der Waals surface area (Å²) in [6.45, 7) is 3.46. The Morgan fingerprint density at radius 1 is 1.33 bits per heavy atom. The Balaban J connectivity index is 3.04. The van der Waals surface area contributed by atoms with E-state index in [1.165, 1.54) is 6.07 Å². The molecule has 0 aromatic heterocycles. The summed E-state index contributed by atoms with van der Waals surface area (Å²) in [5.41, 5.74) is 6.14. The third kappa shape index (κ3) is 3.03. The van der Waals surface area contributed by atoms with Gasteiger partial charge in [-0.25, -0.2) is 8.78 Å². The van der Waals surface area contributed by atoms with Crippen LogP contribution in [0.2, 0.25) is 0 Å². The van der Waals surface area contributed by atoms with Crippen LogP contribution in [0, 0.1) is 30.4 Å². The molecule has 3 heteroatoms. The fraction of sp³-hybridized carbons (Fsp3) is 0.333. The quantitative estimate of drug-likeness (QED) is 0.706. The summed E-state index contributed by atoms with van der Waals surface area (Å²) in [6.07, 6.45) is 0.703. The van der Waals surface area contributed by atoms with Gasteiger partial charge >= 0.3 is 0 Å². The zero-order valence-corrected chi connectivity index (χ0v) is 8.77. The Labute approximate surface area is 88.3 Å². The number of rotatable bonds is 1. The first-order chi connectivity index (χ1) is 7.04. The number of hydrogen-bond donors (Lipinski definition) is 1. The highest BCUT2D eigenvalue weighted by Crippen LogP contribution is 2.12. The Morgan fingerprint density at radius 2 is 2.00 bits per heavy atom. The van der Waals surface area contributed by atoms with Crippen LogP contribution in [0.3, 0.4) is 0 Å². The number of halogens is 2. The minimum Gasteiger partial charge on any atom is -0.318 e. The van der Waals surface area contributed by atoms with Gasteiger partial charge in [-0.3, -0.25) is 0 Å². The fourth-order valence-corrected chi connectivity index (χ4v) is 1.03. The Hall–Kier alpha value is -1.40. The van der Waals surface area contributed by atoms with E-state index in [2.05, 4.69) is 11.8 Å². The van der Waals surface area contributed by atoms with E-state index in [1.807, 2.05) is 6.92 Å². The monoisotopic (exact) mass is 209 g/mol. The first kappa shape index (κ1) is 11.7. The van der Waals surface area contributed by atoms with Gasteiger partial charge in [0.25, 0.3) is 0 Å². The van der Waals surface area contributed by atoms with Gasteiger partial charge in [-0.05, 0) is 25.0 Å². The predicted molar refractivity (Wildman–Crippen MR) is 56.2 cm³/mol. The van der Waals surface area contributed by atoms with Crippen LogP contribution in [0.4, 0.5) is 8.78 Å². The maximum atomic E-state index is 13.2. The second-order valence-corrected chi connectivity index (χ2v) is 3.37. The highest BCUT2D eigenvalue weighted by Gasteiger charge is 2.04. The Kier molecular flexibility index (Phi) is 3.81. The van der Waals surface area contributed by atoms with E-state index >= 15 is 0 Å². The molecule has 1 atom stereocenters. The lowest BCUT2D eigenvalue weighted by Gasteiger charge is -2.00. The zero-order valence-electron chi connectivity index (χ0n) is 8.77. The molecule has 0 fully saturated rings. The molecule has 0 saturated heterocycles. The Bertz CT molecular complexity index is 416. The van der Waals surface area contributed by atoms with Crippen molar-refractivity contribution in [1.29, 1.82) is 0 Å². The molecule has 2 N–H and O–H groups in total. The van der Waals surface area contributed by atoms with E-state index in [0.29, 0.717) is 12.0 Å². The van der Waals surface area contributed by atoms with Gasteiger partial charge in [-0.2, -0.15) is 0 Å². The minimum atomic E-state index is -0.645. The van der Waals surface area contributed by atoms with Crippen molar-refractivity contribution in [2.45, 2.75) is 26.3 Å². The molecule has 0 radical (unpaired) electrons. The summed E-state index contributed by atoms with van der Waals surface area (Å²) in [7, 11) is 0. The molecule has 0 spiro atoms. The topological polar surface area (TPSA) is 26.0 Å². The third-order valence-corrected chi connectivity index (χ3v) is 2.08. The molecule has 0 aliphatic heterocycles. The SMILES string of the molecule is CCC(N)C#Cc1cc(C)c(F)cc1F. The second kappa shape index (κ2) is 4.90. The minimum absolute atomic E-state index is 0.192. The summed E-state index contributed by atoms with van der Waals surface area (Å²) >= 11 is 0. The maximum Gasteiger partial charge on any atom is 0.141 e. The van der Waals surface area contributed by atoms with Crippen molar-refractivity contribution in [3.63, 3.8) is 0 Å². The average molecular weight is 209 g/mol. The number of nitrogens with two attached hydrogens (primary N) is 1. The molecule has 0 amide bonds. The van der Waals surface area contributed by atoms with Gasteiger partial charge < -0.3 is 5.73 Å². The molecule has 1 aromatic rings. The summed E-state index contributed by atoms with van der Waals surface area (Å²) in [4.78, 5) is 0. The molecule has 15 heavy (non-hydrogen) atoms. The molecule has 1 unspecified atom stereocenters. The average Bonchev–Trinajstić information content (AvgIpc) is 2.21. The highest BCUT2D eigenvalue weighted by molar-refractivity contribution is 5.39. The van der Waals surface area contributed by atoms with Gasteiger partial charge in [0.15, 0.2) is 0 Å². The van der Waals surface area contributed by atoms with Crippen LogP contribution in [0.25, 0.3) is 0 Å². The molecule has 0 aliphatic carbocycles. The smallest absolute Gasteiger partial charge is 0.141 e. The van der Waals surface area contributed by atoms with Crippen molar-refractivity contribution in [2.75, 3.05) is 0 Å². The van der Waals surface area contributed by atoms with E-state index in [9.17, 15) is 8.78 Å². The van der Waals surface area contributed by atoms with E-state index < -0.39 is 11.6 Å². The van der Waals surface area contributed by atoms with Crippen molar-refractivity contribution in [1.82, 2.24) is 0 Å². The second-order valence-electron chi connectivity index (χ2n) is 3.37. The van der Waals surface area contributed by atoms with Crippen molar-refractivity contribution < 1.29 is 8.78 Å². The summed E-state index contributed by atoms with van der Waals surface area (Å²) < 4.78 is 26.1. The van der Waals surface area contributed by atoms with Crippen LogP contribution in [-0.2, 0) is 0 Å². The van der Waals surface area contributed by atoms with Crippen molar-refractivity contribution >= 4 is 0 Å². The van der Waals surface area contributed by atoms with Crippen LogP contribution in [0.15, 0.2) is 12.1 Å². The van der Waals surface area contributed by atoms with Gasteiger partial charge in [0.1, 0.15) is 11.6 Å². The summed E-state index contributed by atoms with van der Waals surface area (Å²) in [5, 5.41) is 0. The number of aryl methyl sites for hydroxylation is 1. The van der Waals surface area contributed by atoms with Crippen LogP contribution >= 0.6 is 0 Å². The molecule has 0 saturated carbocycles. The van der Waals surface area contributed by atoms with Crippen LogP contribution < -0.4 is 5.73 Å². The first-order valence-corrected chi connectivity index (χ1v) is 4.77. The zero-order chi connectivity index (χ0) is 11.4. The fourth-order valence-electron chi connectivity index (χ4n) is 1.03. The third-order valence-electron chi connectivity index (χ3n) is 2.08. The van der Waals surface area contributed by atoms with Gasteiger partial charge in [-0.15, -0.1) is 0 Å². The molecule has 80 valence electrons. The number of hydrogen-bond acceptors (Lipinski definition) is 1. The molecule has 1 aromatic carbocycles. The van der Waals surface area contributed by atoms with E-state index in [4.69, 9.17) is 5.73 Å². The first-order valence-electron chi connectivity index (χ1n) is 4.77. The summed E-state index contributed by atoms with van der Waals surface area (Å²) in [5.74, 6) is 4.11. The number of benzene rings is 1. The molecule has 1 nitrogen and oxygen atoms in total. The van der Waals surface area contributed by atoms with Gasteiger partial charge in [-0.1, -0.05) is 18.8 Å². The standard InChI is InChI=1S/C12H13F2N/c1-3-10(15)5-4-9-6-8(2)11(13)7-12(9)14/h6-7,10H,3,15H2,1-2H3.